The molecule has 0 aromatic heterocycles. The minimum absolute atomic E-state index is 0.0605. The van der Waals surface area contributed by atoms with Crippen LogP contribution < -0.4 is 0 Å². The third-order valence-electron chi connectivity index (χ3n) is 3.15. The zero-order valence-corrected chi connectivity index (χ0v) is 11.1. The molecular formula is C17H12N2O2. The van der Waals surface area contributed by atoms with Crippen molar-refractivity contribution >= 4 is 28.4 Å². The Morgan fingerprint density at radius 2 is 1.48 bits per heavy atom. The van der Waals surface area contributed by atoms with Crippen molar-refractivity contribution in [3.63, 3.8) is 0 Å². The predicted molar refractivity (Wildman–Crippen MR) is 81.6 cm³/mol. The van der Waals surface area contributed by atoms with Crippen molar-refractivity contribution in [3.8, 4) is 5.75 Å². The highest BCUT2D eigenvalue weighted by molar-refractivity contribution is 5.85. The highest BCUT2D eigenvalue weighted by Gasteiger charge is 2.01. The Morgan fingerprint density at radius 3 is 2.24 bits per heavy atom. The molecule has 0 aliphatic heterocycles. The van der Waals surface area contributed by atoms with Crippen molar-refractivity contribution < 1.29 is 9.90 Å². The molecule has 0 saturated carbocycles. The number of hydrogen-bond donors (Lipinski definition) is 1. The first-order valence-electron chi connectivity index (χ1n) is 6.45. The lowest BCUT2D eigenvalue weighted by molar-refractivity contribution is 0.112. The van der Waals surface area contributed by atoms with Gasteiger partial charge in [-0.2, -0.15) is 10.2 Å². The molecule has 4 heteroatoms. The smallest absolute Gasteiger partial charge is 0.153 e. The number of aromatic hydroxyl groups is 1. The Hall–Kier alpha value is -3.01. The molecular weight excluding hydrogens is 264 g/mol. The minimum Gasteiger partial charge on any atom is -0.507 e. The van der Waals surface area contributed by atoms with Crippen molar-refractivity contribution in [2.45, 2.75) is 0 Å². The van der Waals surface area contributed by atoms with E-state index < -0.39 is 0 Å². The van der Waals surface area contributed by atoms with E-state index in [2.05, 4.69) is 10.2 Å². The summed E-state index contributed by atoms with van der Waals surface area (Å²) >= 11 is 0. The standard InChI is InChI=1S/C17H12N2O2/c20-11-14-10-16(7-8-17(14)21)19-18-15-6-5-12-3-1-2-4-13(12)9-15/h1-11,21H. The molecule has 0 amide bonds. The lowest BCUT2D eigenvalue weighted by Gasteiger charge is -1.99. The van der Waals surface area contributed by atoms with Gasteiger partial charge in [-0.25, -0.2) is 0 Å². The molecule has 0 unspecified atom stereocenters. The Bertz CT molecular complexity index is 841. The number of aldehydes is 1. The maximum absolute atomic E-state index is 10.8. The van der Waals surface area contributed by atoms with Gasteiger partial charge in [-0.3, -0.25) is 4.79 Å². The van der Waals surface area contributed by atoms with Gasteiger partial charge in [0.2, 0.25) is 0 Å². The SMILES string of the molecule is O=Cc1cc(N=Nc2ccc3ccccc3c2)ccc1O. The Labute approximate surface area is 121 Å². The van der Waals surface area contributed by atoms with Crippen LogP contribution in [0.2, 0.25) is 0 Å². The number of benzene rings is 3. The van der Waals surface area contributed by atoms with E-state index in [1.54, 1.807) is 6.07 Å². The van der Waals surface area contributed by atoms with Crippen LogP contribution in [-0.2, 0) is 0 Å². The number of rotatable bonds is 3. The maximum atomic E-state index is 10.8. The van der Waals surface area contributed by atoms with Crippen LogP contribution in [0.1, 0.15) is 10.4 Å². The Morgan fingerprint density at radius 1 is 0.810 bits per heavy atom. The highest BCUT2D eigenvalue weighted by atomic mass is 16.3. The van der Waals surface area contributed by atoms with Crippen LogP contribution in [0.15, 0.2) is 70.9 Å². The quantitative estimate of drug-likeness (QED) is 0.553. The molecule has 0 fully saturated rings. The van der Waals surface area contributed by atoms with E-state index >= 15 is 0 Å². The van der Waals surface area contributed by atoms with Gasteiger partial charge in [0.1, 0.15) is 5.75 Å². The van der Waals surface area contributed by atoms with E-state index in [4.69, 9.17) is 0 Å². The average molecular weight is 276 g/mol. The van der Waals surface area contributed by atoms with Gasteiger partial charge in [0.05, 0.1) is 16.9 Å². The lowest BCUT2D eigenvalue weighted by Crippen LogP contribution is -1.79. The predicted octanol–water partition coefficient (Wildman–Crippen LogP) is 4.77. The molecule has 3 rings (SSSR count). The zero-order valence-electron chi connectivity index (χ0n) is 11.1. The normalized spacial score (nSPS) is 11.0. The summed E-state index contributed by atoms with van der Waals surface area (Å²) < 4.78 is 0. The molecule has 0 bridgehead atoms. The topological polar surface area (TPSA) is 62.0 Å². The van der Waals surface area contributed by atoms with Gasteiger partial charge >= 0.3 is 0 Å². The van der Waals surface area contributed by atoms with Crippen LogP contribution in [0.4, 0.5) is 11.4 Å². The first-order valence-corrected chi connectivity index (χ1v) is 6.45. The summed E-state index contributed by atoms with van der Waals surface area (Å²) in [6.45, 7) is 0. The molecule has 0 saturated heterocycles. The fraction of sp³-hybridized carbons (Fsp3) is 0. The second-order valence-corrected chi connectivity index (χ2v) is 4.59. The third kappa shape index (κ3) is 2.79. The van der Waals surface area contributed by atoms with Crippen LogP contribution >= 0.6 is 0 Å². The van der Waals surface area contributed by atoms with E-state index in [-0.39, 0.29) is 11.3 Å². The largest absolute Gasteiger partial charge is 0.507 e. The van der Waals surface area contributed by atoms with Crippen LogP contribution in [0, 0.1) is 0 Å². The maximum Gasteiger partial charge on any atom is 0.153 e. The summed E-state index contributed by atoms with van der Waals surface area (Å²) in [4.78, 5) is 10.8. The number of nitrogens with zero attached hydrogens (tertiary/aromatic N) is 2. The minimum atomic E-state index is -0.0605. The molecule has 0 aliphatic carbocycles. The fourth-order valence-corrected chi connectivity index (χ4v) is 2.05. The number of carbonyl (C=O) groups is 1. The molecule has 3 aromatic rings. The van der Waals surface area contributed by atoms with Crippen molar-refractivity contribution in [3.05, 3.63) is 66.2 Å². The van der Waals surface area contributed by atoms with Gasteiger partial charge in [0.25, 0.3) is 0 Å². The second kappa shape index (κ2) is 5.54. The molecule has 0 radical (unpaired) electrons. The molecule has 0 atom stereocenters. The van der Waals surface area contributed by atoms with E-state index in [1.165, 1.54) is 12.1 Å². The summed E-state index contributed by atoms with van der Waals surface area (Å²) in [5.41, 5.74) is 1.45. The second-order valence-electron chi connectivity index (χ2n) is 4.59. The van der Waals surface area contributed by atoms with Crippen molar-refractivity contribution in [2.75, 3.05) is 0 Å². The molecule has 21 heavy (non-hydrogen) atoms. The first-order chi connectivity index (χ1) is 10.3. The number of fused-ring (bicyclic) bond motifs is 1. The molecule has 0 aliphatic rings. The summed E-state index contributed by atoms with van der Waals surface area (Å²) in [6.07, 6.45) is 0.588. The zero-order chi connectivity index (χ0) is 14.7. The molecule has 4 nitrogen and oxygen atoms in total. The van der Waals surface area contributed by atoms with Gasteiger partial charge in [-0.15, -0.1) is 0 Å². The Kier molecular flexibility index (Phi) is 3.43. The van der Waals surface area contributed by atoms with Crippen LogP contribution in [0.5, 0.6) is 5.75 Å². The first kappa shape index (κ1) is 13.0. The third-order valence-corrected chi connectivity index (χ3v) is 3.15. The molecule has 3 aromatic carbocycles. The van der Waals surface area contributed by atoms with Gasteiger partial charge in [-0.05, 0) is 41.1 Å². The van der Waals surface area contributed by atoms with Gasteiger partial charge in [-0.1, -0.05) is 30.3 Å². The molecule has 0 spiro atoms. The van der Waals surface area contributed by atoms with E-state index in [0.717, 1.165) is 16.5 Å². The Balaban J connectivity index is 1.92. The van der Waals surface area contributed by atoms with E-state index in [1.807, 2.05) is 42.5 Å². The van der Waals surface area contributed by atoms with E-state index in [9.17, 15) is 9.90 Å². The highest BCUT2D eigenvalue weighted by Crippen LogP contribution is 2.25. The molecule has 1 N–H and O–H groups in total. The van der Waals surface area contributed by atoms with Gasteiger partial charge in [0.15, 0.2) is 6.29 Å². The summed E-state index contributed by atoms with van der Waals surface area (Å²) in [6, 6.07) is 18.3. The molecule has 0 heterocycles. The van der Waals surface area contributed by atoms with Crippen LogP contribution in [-0.4, -0.2) is 11.4 Å². The number of carbonyl (C=O) groups excluding carboxylic acids is 1. The fourth-order valence-electron chi connectivity index (χ4n) is 2.05. The van der Waals surface area contributed by atoms with Gasteiger partial charge in [0, 0.05) is 0 Å². The van der Waals surface area contributed by atoms with Crippen molar-refractivity contribution in [1.82, 2.24) is 0 Å². The van der Waals surface area contributed by atoms with Crippen LogP contribution in [0.25, 0.3) is 10.8 Å². The van der Waals surface area contributed by atoms with Crippen molar-refractivity contribution in [1.29, 1.82) is 0 Å². The molecule has 102 valence electrons. The summed E-state index contributed by atoms with van der Waals surface area (Å²) in [5, 5.41) is 19.9. The number of phenols is 1. The number of phenolic OH excluding ortho intramolecular Hbond substituents is 1. The average Bonchev–Trinajstić information content (AvgIpc) is 2.54. The summed E-state index contributed by atoms with van der Waals surface area (Å²) in [5.74, 6) is -0.0605. The van der Waals surface area contributed by atoms with Gasteiger partial charge < -0.3 is 5.11 Å². The monoisotopic (exact) mass is 276 g/mol. The van der Waals surface area contributed by atoms with Crippen molar-refractivity contribution in [2.24, 2.45) is 10.2 Å². The van der Waals surface area contributed by atoms with E-state index in [0.29, 0.717) is 12.0 Å². The number of hydrogen-bond acceptors (Lipinski definition) is 4. The lowest BCUT2D eigenvalue weighted by atomic mass is 10.1. The number of azo groups is 1. The summed E-state index contributed by atoms with van der Waals surface area (Å²) in [7, 11) is 0. The van der Waals surface area contributed by atoms with Crippen LogP contribution in [0.3, 0.4) is 0 Å².